The van der Waals surface area contributed by atoms with Crippen LogP contribution in [0.4, 0.5) is 11.5 Å². The maximum atomic E-state index is 13.6. The summed E-state index contributed by atoms with van der Waals surface area (Å²) in [5.41, 5.74) is 3.56. The van der Waals surface area contributed by atoms with E-state index in [-0.39, 0.29) is 11.8 Å². The molecule has 1 fully saturated rings. The zero-order chi connectivity index (χ0) is 24.0. The molecule has 35 heavy (non-hydrogen) atoms. The fourth-order valence-corrected chi connectivity index (χ4v) is 4.49. The molecule has 4 aromatic rings. The predicted octanol–water partition coefficient (Wildman–Crippen LogP) is 4.71. The minimum absolute atomic E-state index is 0.0549. The highest BCUT2D eigenvalue weighted by atomic mass is 16.5. The Bertz CT molecular complexity index is 1300. The number of hydrogen-bond acceptors (Lipinski definition) is 6. The summed E-state index contributed by atoms with van der Waals surface area (Å²) in [7, 11) is 1.63. The molecule has 1 saturated heterocycles. The van der Waals surface area contributed by atoms with E-state index in [9.17, 15) is 4.79 Å². The van der Waals surface area contributed by atoms with Crippen molar-refractivity contribution in [1.82, 2.24) is 14.9 Å². The van der Waals surface area contributed by atoms with Crippen molar-refractivity contribution in [3.05, 3.63) is 90.3 Å². The molecule has 7 heteroatoms. The maximum absolute atomic E-state index is 13.6. The van der Waals surface area contributed by atoms with Gasteiger partial charge in [0.1, 0.15) is 11.6 Å². The second kappa shape index (κ2) is 10.5. The average Bonchev–Trinajstić information content (AvgIpc) is 3.15. The molecular formula is C28H28N4O3. The van der Waals surface area contributed by atoms with Crippen molar-refractivity contribution < 1.29 is 14.3 Å². The van der Waals surface area contributed by atoms with Crippen LogP contribution in [0.15, 0.2) is 79.1 Å². The molecule has 1 amide bonds. The lowest BCUT2D eigenvalue weighted by molar-refractivity contribution is 0.0738. The molecule has 0 spiro atoms. The van der Waals surface area contributed by atoms with Crippen LogP contribution in [0.25, 0.3) is 10.9 Å². The lowest BCUT2D eigenvalue weighted by atomic mass is 9.97. The van der Waals surface area contributed by atoms with Crippen LogP contribution < -0.4 is 10.1 Å². The average molecular weight is 469 g/mol. The highest BCUT2D eigenvalue weighted by Gasteiger charge is 2.26. The monoisotopic (exact) mass is 468 g/mol. The first-order chi connectivity index (χ1) is 17.2. The van der Waals surface area contributed by atoms with E-state index in [1.807, 2.05) is 47.5 Å². The van der Waals surface area contributed by atoms with E-state index in [0.717, 1.165) is 28.8 Å². The van der Waals surface area contributed by atoms with Crippen molar-refractivity contribution in [3.8, 4) is 5.75 Å². The second-order valence-electron chi connectivity index (χ2n) is 8.64. The molecule has 1 unspecified atom stereocenters. The molecule has 1 aliphatic rings. The number of methoxy groups -OCH3 is 1. The van der Waals surface area contributed by atoms with Gasteiger partial charge in [0.2, 0.25) is 0 Å². The van der Waals surface area contributed by atoms with Gasteiger partial charge in [0.25, 0.3) is 5.91 Å². The number of ether oxygens (including phenoxy) is 2. The van der Waals surface area contributed by atoms with E-state index in [1.165, 1.54) is 5.56 Å². The zero-order valence-electron chi connectivity index (χ0n) is 19.7. The largest absolute Gasteiger partial charge is 0.497 e. The Balaban J connectivity index is 1.34. The summed E-state index contributed by atoms with van der Waals surface area (Å²) < 4.78 is 11.1. The molecule has 5 rings (SSSR count). The van der Waals surface area contributed by atoms with Gasteiger partial charge in [-0.2, -0.15) is 0 Å². The first-order valence-electron chi connectivity index (χ1n) is 11.8. The van der Waals surface area contributed by atoms with Crippen LogP contribution in [0.1, 0.15) is 15.9 Å². The number of rotatable bonds is 6. The number of benzene rings is 2. The number of nitrogens with zero attached hydrogens (tertiary/aromatic N) is 3. The van der Waals surface area contributed by atoms with Crippen molar-refractivity contribution in [1.29, 1.82) is 0 Å². The van der Waals surface area contributed by atoms with Gasteiger partial charge in [0, 0.05) is 42.5 Å². The Kier molecular flexibility index (Phi) is 6.86. The van der Waals surface area contributed by atoms with E-state index in [0.29, 0.717) is 37.7 Å². The third-order valence-corrected chi connectivity index (χ3v) is 6.24. The summed E-state index contributed by atoms with van der Waals surface area (Å²) in [5, 5.41) is 4.40. The number of aromatic nitrogens is 2. The van der Waals surface area contributed by atoms with Gasteiger partial charge in [-0.3, -0.25) is 9.78 Å². The van der Waals surface area contributed by atoms with Crippen molar-refractivity contribution >= 4 is 28.3 Å². The Morgan fingerprint density at radius 2 is 1.86 bits per heavy atom. The summed E-state index contributed by atoms with van der Waals surface area (Å²) in [6.07, 6.45) is 4.30. The summed E-state index contributed by atoms with van der Waals surface area (Å²) in [6, 6.07) is 21.4. The van der Waals surface area contributed by atoms with Crippen molar-refractivity contribution in [2.24, 2.45) is 5.92 Å². The number of carbonyl (C=O) groups is 1. The molecule has 2 aromatic heterocycles. The van der Waals surface area contributed by atoms with Crippen LogP contribution in [0.5, 0.6) is 5.75 Å². The Morgan fingerprint density at radius 3 is 2.71 bits per heavy atom. The summed E-state index contributed by atoms with van der Waals surface area (Å²) in [5.74, 6) is 1.41. The van der Waals surface area contributed by atoms with Gasteiger partial charge in [0.05, 0.1) is 31.4 Å². The van der Waals surface area contributed by atoms with E-state index in [2.05, 4.69) is 39.6 Å². The number of hydrogen-bond donors (Lipinski definition) is 1. The minimum Gasteiger partial charge on any atom is -0.497 e. The normalized spacial score (nSPS) is 16.0. The maximum Gasteiger partial charge on any atom is 0.257 e. The van der Waals surface area contributed by atoms with Gasteiger partial charge in [-0.15, -0.1) is 0 Å². The summed E-state index contributed by atoms with van der Waals surface area (Å²) >= 11 is 0. The molecule has 7 nitrogen and oxygen atoms in total. The van der Waals surface area contributed by atoms with E-state index in [4.69, 9.17) is 9.47 Å². The van der Waals surface area contributed by atoms with E-state index < -0.39 is 0 Å². The van der Waals surface area contributed by atoms with Gasteiger partial charge in [-0.1, -0.05) is 24.3 Å². The summed E-state index contributed by atoms with van der Waals surface area (Å²) in [4.78, 5) is 24.5. The highest BCUT2D eigenvalue weighted by molar-refractivity contribution is 5.99. The lowest BCUT2D eigenvalue weighted by Gasteiger charge is -2.25. The Morgan fingerprint density at radius 1 is 1.06 bits per heavy atom. The van der Waals surface area contributed by atoms with Crippen molar-refractivity contribution in [2.45, 2.75) is 6.42 Å². The second-order valence-corrected chi connectivity index (χ2v) is 8.64. The number of para-hydroxylation sites is 1. The van der Waals surface area contributed by atoms with Gasteiger partial charge >= 0.3 is 0 Å². The number of fused-ring (bicyclic) bond motifs is 1. The first kappa shape index (κ1) is 22.8. The number of amides is 1. The van der Waals surface area contributed by atoms with Crippen LogP contribution in [0.2, 0.25) is 0 Å². The molecule has 3 heterocycles. The smallest absolute Gasteiger partial charge is 0.257 e. The fraction of sp³-hybridized carbons (Fsp3) is 0.250. The molecule has 1 atom stereocenters. The quantitative estimate of drug-likeness (QED) is 0.442. The number of carbonyl (C=O) groups excluding carboxylic acids is 1. The fourth-order valence-electron chi connectivity index (χ4n) is 4.49. The first-order valence-corrected chi connectivity index (χ1v) is 11.8. The van der Waals surface area contributed by atoms with E-state index in [1.54, 1.807) is 19.4 Å². The summed E-state index contributed by atoms with van der Waals surface area (Å²) in [6.45, 7) is 2.27. The van der Waals surface area contributed by atoms with Crippen LogP contribution in [0, 0.1) is 5.92 Å². The van der Waals surface area contributed by atoms with Crippen LogP contribution >= 0.6 is 0 Å². The van der Waals surface area contributed by atoms with Gasteiger partial charge in [0.15, 0.2) is 0 Å². The number of pyridine rings is 2. The van der Waals surface area contributed by atoms with Crippen LogP contribution in [-0.4, -0.2) is 54.2 Å². The Labute approximate surface area is 204 Å². The third kappa shape index (κ3) is 5.25. The highest BCUT2D eigenvalue weighted by Crippen LogP contribution is 2.25. The molecule has 178 valence electrons. The minimum atomic E-state index is -0.0549. The molecule has 0 radical (unpaired) electrons. The van der Waals surface area contributed by atoms with Gasteiger partial charge in [-0.25, -0.2) is 4.98 Å². The number of anilines is 2. The van der Waals surface area contributed by atoms with Crippen molar-refractivity contribution in [2.75, 3.05) is 38.7 Å². The SMILES string of the molecule is COc1ccc(Nc2ncccc2C(=O)N2CCOCC(Cc3cccc4cccnc34)C2)cc1. The molecule has 1 N–H and O–H groups in total. The molecule has 0 saturated carbocycles. The van der Waals surface area contributed by atoms with E-state index >= 15 is 0 Å². The lowest BCUT2D eigenvalue weighted by Crippen LogP contribution is -2.36. The van der Waals surface area contributed by atoms with Crippen LogP contribution in [0.3, 0.4) is 0 Å². The van der Waals surface area contributed by atoms with Crippen molar-refractivity contribution in [3.63, 3.8) is 0 Å². The number of nitrogens with one attached hydrogen (secondary N) is 1. The van der Waals surface area contributed by atoms with Crippen LogP contribution in [-0.2, 0) is 11.2 Å². The standard InChI is InChI=1S/C28H28N4O3/c1-34-24-11-9-23(10-12-24)31-27-25(8-4-14-30-27)28(33)32-15-16-35-19-20(18-32)17-22-6-2-5-21-7-3-13-29-26(21)22/h2-14,20H,15-19H2,1H3,(H,30,31). The third-order valence-electron chi connectivity index (χ3n) is 6.24. The van der Waals surface area contributed by atoms with Gasteiger partial charge in [-0.05, 0) is 54.4 Å². The van der Waals surface area contributed by atoms with Gasteiger partial charge < -0.3 is 19.7 Å². The predicted molar refractivity (Wildman–Crippen MR) is 136 cm³/mol. The Hall–Kier alpha value is -3.97. The zero-order valence-corrected chi connectivity index (χ0v) is 19.7. The molecule has 0 aliphatic carbocycles. The molecule has 1 aliphatic heterocycles. The molecular weight excluding hydrogens is 440 g/mol. The molecule has 2 aromatic carbocycles. The molecule has 0 bridgehead atoms. The topological polar surface area (TPSA) is 76.6 Å².